The van der Waals surface area contributed by atoms with Crippen LogP contribution in [0.4, 0.5) is 10.1 Å². The van der Waals surface area contributed by atoms with Crippen LogP contribution in [0.1, 0.15) is 11.3 Å². The first kappa shape index (κ1) is 16.9. The minimum Gasteiger partial charge on any atom is -0.326 e. The zero-order valence-corrected chi connectivity index (χ0v) is 14.8. The number of nitrogens with one attached hydrogen (secondary N) is 1. The van der Waals surface area contributed by atoms with E-state index in [1.54, 1.807) is 36.4 Å². The van der Waals surface area contributed by atoms with E-state index in [2.05, 4.69) is 10.3 Å². The molecule has 132 valence electrons. The van der Waals surface area contributed by atoms with Crippen molar-refractivity contribution in [2.75, 3.05) is 5.32 Å². The van der Waals surface area contributed by atoms with Gasteiger partial charge in [-0.05, 0) is 42.5 Å². The van der Waals surface area contributed by atoms with Crippen molar-refractivity contribution in [2.24, 2.45) is 0 Å². The quantitative estimate of drug-likeness (QED) is 0.579. The Morgan fingerprint density at radius 2 is 2.07 bits per heavy atom. The summed E-state index contributed by atoms with van der Waals surface area (Å²) in [6, 6.07) is 15.0. The van der Waals surface area contributed by atoms with Gasteiger partial charge in [-0.25, -0.2) is 9.37 Å². The highest BCUT2D eigenvalue weighted by Gasteiger charge is 2.13. The molecule has 4 aromatic rings. The second kappa shape index (κ2) is 7.02. The van der Waals surface area contributed by atoms with Crippen LogP contribution in [0.2, 0.25) is 0 Å². The van der Waals surface area contributed by atoms with Gasteiger partial charge in [-0.3, -0.25) is 9.20 Å². The number of thiazole rings is 1. The number of hydrogen-bond donors (Lipinski definition) is 1. The van der Waals surface area contributed by atoms with Crippen LogP contribution in [0.5, 0.6) is 0 Å². The lowest BCUT2D eigenvalue weighted by Crippen LogP contribution is -2.15. The van der Waals surface area contributed by atoms with E-state index in [1.807, 2.05) is 22.0 Å². The maximum absolute atomic E-state index is 13.1. The normalized spacial score (nSPS) is 10.7. The summed E-state index contributed by atoms with van der Waals surface area (Å²) in [6.07, 6.45) is 2.02. The van der Waals surface area contributed by atoms with Crippen molar-refractivity contribution >= 4 is 27.9 Å². The van der Waals surface area contributed by atoms with Crippen LogP contribution in [0, 0.1) is 17.1 Å². The Morgan fingerprint density at radius 1 is 1.26 bits per heavy atom. The van der Waals surface area contributed by atoms with E-state index in [0.29, 0.717) is 11.3 Å². The van der Waals surface area contributed by atoms with E-state index in [0.717, 1.165) is 21.9 Å². The summed E-state index contributed by atoms with van der Waals surface area (Å²) in [4.78, 5) is 17.7. The fourth-order valence-corrected chi connectivity index (χ4v) is 3.63. The minimum absolute atomic E-state index is 0.177. The van der Waals surface area contributed by atoms with Crippen molar-refractivity contribution in [3.05, 3.63) is 77.2 Å². The second-order valence-corrected chi connectivity index (χ2v) is 6.77. The van der Waals surface area contributed by atoms with Gasteiger partial charge in [0.2, 0.25) is 5.91 Å². The second-order valence-electron chi connectivity index (χ2n) is 5.93. The summed E-state index contributed by atoms with van der Waals surface area (Å²) < 4.78 is 15.0. The molecule has 0 saturated carbocycles. The van der Waals surface area contributed by atoms with Crippen molar-refractivity contribution in [1.82, 2.24) is 9.38 Å². The maximum Gasteiger partial charge on any atom is 0.230 e. The van der Waals surface area contributed by atoms with E-state index in [4.69, 9.17) is 5.26 Å². The van der Waals surface area contributed by atoms with Gasteiger partial charge in [-0.15, -0.1) is 11.3 Å². The molecule has 0 radical (unpaired) electrons. The van der Waals surface area contributed by atoms with Crippen molar-refractivity contribution in [3.8, 4) is 17.3 Å². The molecule has 0 aliphatic heterocycles. The zero-order valence-electron chi connectivity index (χ0n) is 14.0. The number of nitriles is 1. The molecule has 5 nitrogen and oxygen atoms in total. The molecule has 0 bridgehead atoms. The summed E-state index contributed by atoms with van der Waals surface area (Å²) in [5, 5.41) is 13.6. The zero-order chi connectivity index (χ0) is 18.8. The largest absolute Gasteiger partial charge is 0.326 e. The number of aromatic nitrogens is 2. The highest BCUT2D eigenvalue weighted by atomic mass is 32.1. The van der Waals surface area contributed by atoms with E-state index in [1.165, 1.54) is 23.5 Å². The van der Waals surface area contributed by atoms with Gasteiger partial charge in [0.1, 0.15) is 5.82 Å². The standard InChI is InChI=1S/C20H13FN4OS/c21-15-6-4-14(5-7-15)18-11-25-17(12-27-20(25)24-18)9-19(26)23-16-3-1-2-13(8-16)10-22/h1-8,11-12H,9H2,(H,23,26). The Kier molecular flexibility index (Phi) is 4.40. The lowest BCUT2D eigenvalue weighted by Gasteiger charge is -2.05. The first-order valence-corrected chi connectivity index (χ1v) is 9.02. The smallest absolute Gasteiger partial charge is 0.230 e. The molecule has 0 spiro atoms. The predicted molar refractivity (Wildman–Crippen MR) is 102 cm³/mol. The summed E-state index contributed by atoms with van der Waals surface area (Å²) in [6.45, 7) is 0. The summed E-state index contributed by atoms with van der Waals surface area (Å²) >= 11 is 1.44. The Hall–Kier alpha value is -3.50. The molecule has 27 heavy (non-hydrogen) atoms. The van der Waals surface area contributed by atoms with Crippen LogP contribution in [0.3, 0.4) is 0 Å². The minimum atomic E-state index is -0.294. The first-order chi connectivity index (χ1) is 13.1. The van der Waals surface area contributed by atoms with Crippen LogP contribution < -0.4 is 5.32 Å². The van der Waals surface area contributed by atoms with Gasteiger partial charge < -0.3 is 5.32 Å². The SMILES string of the molecule is N#Cc1cccc(NC(=O)Cc2csc3nc(-c4ccc(F)cc4)cn23)c1. The molecule has 0 atom stereocenters. The number of fused-ring (bicyclic) bond motifs is 1. The first-order valence-electron chi connectivity index (χ1n) is 8.14. The Balaban J connectivity index is 1.54. The predicted octanol–water partition coefficient (Wildman–Crippen LogP) is 4.25. The molecule has 1 N–H and O–H groups in total. The molecule has 0 fully saturated rings. The fraction of sp³-hybridized carbons (Fsp3) is 0.0500. The molecule has 2 heterocycles. The van der Waals surface area contributed by atoms with Crippen molar-refractivity contribution in [1.29, 1.82) is 5.26 Å². The molecule has 0 aliphatic carbocycles. The van der Waals surface area contributed by atoms with Gasteiger partial charge >= 0.3 is 0 Å². The number of carbonyl (C=O) groups excluding carboxylic acids is 1. The molecule has 0 aliphatic rings. The van der Waals surface area contributed by atoms with E-state index < -0.39 is 0 Å². The van der Waals surface area contributed by atoms with Crippen molar-refractivity contribution < 1.29 is 9.18 Å². The van der Waals surface area contributed by atoms with Gasteiger partial charge in [-0.1, -0.05) is 6.07 Å². The number of carbonyl (C=O) groups is 1. The van der Waals surface area contributed by atoms with Crippen molar-refractivity contribution in [2.45, 2.75) is 6.42 Å². The van der Waals surface area contributed by atoms with Crippen LogP contribution in [-0.2, 0) is 11.2 Å². The Labute approximate surface area is 158 Å². The Bertz CT molecular complexity index is 1170. The molecule has 2 aromatic heterocycles. The fourth-order valence-electron chi connectivity index (χ4n) is 2.75. The number of imidazole rings is 1. The van der Waals surface area contributed by atoms with E-state index in [-0.39, 0.29) is 18.1 Å². The molecule has 7 heteroatoms. The average Bonchev–Trinajstić information content (AvgIpc) is 3.24. The number of halogens is 1. The third-order valence-corrected chi connectivity index (χ3v) is 4.93. The number of anilines is 1. The highest BCUT2D eigenvalue weighted by molar-refractivity contribution is 7.15. The van der Waals surface area contributed by atoms with Crippen LogP contribution in [-0.4, -0.2) is 15.3 Å². The number of nitrogens with zero attached hydrogens (tertiary/aromatic N) is 3. The number of benzene rings is 2. The molecule has 0 unspecified atom stereocenters. The summed E-state index contributed by atoms with van der Waals surface area (Å²) in [5.41, 5.74) is 3.43. The molecule has 0 saturated heterocycles. The monoisotopic (exact) mass is 376 g/mol. The highest BCUT2D eigenvalue weighted by Crippen LogP contribution is 2.24. The lowest BCUT2D eigenvalue weighted by atomic mass is 10.2. The molecular formula is C20H13FN4OS. The van der Waals surface area contributed by atoms with Gasteiger partial charge in [0.25, 0.3) is 0 Å². The van der Waals surface area contributed by atoms with E-state index >= 15 is 0 Å². The van der Waals surface area contributed by atoms with Crippen molar-refractivity contribution in [3.63, 3.8) is 0 Å². The molecule has 2 aromatic carbocycles. The van der Waals surface area contributed by atoms with Crippen LogP contribution in [0.25, 0.3) is 16.2 Å². The Morgan fingerprint density at radius 3 is 2.85 bits per heavy atom. The van der Waals surface area contributed by atoms with Gasteiger partial charge in [0, 0.05) is 28.5 Å². The number of amides is 1. The summed E-state index contributed by atoms with van der Waals surface area (Å²) in [5.74, 6) is -0.473. The topological polar surface area (TPSA) is 70.2 Å². The lowest BCUT2D eigenvalue weighted by molar-refractivity contribution is -0.115. The molecular weight excluding hydrogens is 363 g/mol. The van der Waals surface area contributed by atoms with Crippen LogP contribution >= 0.6 is 11.3 Å². The van der Waals surface area contributed by atoms with E-state index in [9.17, 15) is 9.18 Å². The third kappa shape index (κ3) is 3.57. The number of rotatable bonds is 4. The van der Waals surface area contributed by atoms with Gasteiger partial charge in [0.05, 0.1) is 23.7 Å². The molecule has 1 amide bonds. The summed E-state index contributed by atoms with van der Waals surface area (Å²) in [7, 11) is 0. The molecule has 4 rings (SSSR count). The maximum atomic E-state index is 13.1. The van der Waals surface area contributed by atoms with Gasteiger partial charge in [-0.2, -0.15) is 5.26 Å². The van der Waals surface area contributed by atoms with Gasteiger partial charge in [0.15, 0.2) is 4.96 Å². The van der Waals surface area contributed by atoms with Crippen LogP contribution in [0.15, 0.2) is 60.1 Å². The average molecular weight is 376 g/mol. The number of hydrogen-bond acceptors (Lipinski definition) is 4. The third-order valence-electron chi connectivity index (χ3n) is 4.04.